The molecule has 0 spiro atoms. The van der Waals surface area contributed by atoms with Gasteiger partial charge in [0.1, 0.15) is 0 Å². The van der Waals surface area contributed by atoms with Gasteiger partial charge in [-0.05, 0) is 39.3 Å². The third kappa shape index (κ3) is 5.02. The van der Waals surface area contributed by atoms with Crippen molar-refractivity contribution in [3.05, 3.63) is 23.0 Å². The molecule has 0 bridgehead atoms. The number of aryl methyl sites for hydroxylation is 1. The molecule has 0 aliphatic carbocycles. The van der Waals surface area contributed by atoms with Crippen LogP contribution in [0.4, 0.5) is 5.69 Å². The Kier molecular flexibility index (Phi) is 5.11. The second-order valence-corrected chi connectivity index (χ2v) is 5.63. The SMILES string of the molecule is Cc1ccnc(Cl)c1NC(=O)CCNC(C)(C)C. The zero-order valence-corrected chi connectivity index (χ0v) is 12.1. The summed E-state index contributed by atoms with van der Waals surface area (Å²) in [5.74, 6) is -0.0650. The van der Waals surface area contributed by atoms with Crippen molar-refractivity contribution in [1.29, 1.82) is 0 Å². The van der Waals surface area contributed by atoms with Crippen molar-refractivity contribution in [3.8, 4) is 0 Å². The summed E-state index contributed by atoms with van der Waals surface area (Å²) in [5, 5.41) is 6.38. The van der Waals surface area contributed by atoms with E-state index >= 15 is 0 Å². The minimum atomic E-state index is -0.0650. The zero-order chi connectivity index (χ0) is 13.8. The molecule has 5 heteroatoms. The topological polar surface area (TPSA) is 54.0 Å². The molecule has 4 nitrogen and oxygen atoms in total. The summed E-state index contributed by atoms with van der Waals surface area (Å²) in [5.41, 5.74) is 1.52. The van der Waals surface area contributed by atoms with E-state index in [2.05, 4.69) is 36.4 Å². The fraction of sp³-hybridized carbons (Fsp3) is 0.538. The Morgan fingerprint density at radius 2 is 2.11 bits per heavy atom. The number of halogens is 1. The number of anilines is 1. The molecule has 1 aromatic rings. The van der Waals surface area contributed by atoms with E-state index in [4.69, 9.17) is 11.6 Å². The van der Waals surface area contributed by atoms with E-state index < -0.39 is 0 Å². The number of pyridine rings is 1. The van der Waals surface area contributed by atoms with E-state index in [9.17, 15) is 4.79 Å². The molecule has 18 heavy (non-hydrogen) atoms. The molecule has 0 saturated carbocycles. The first-order chi connectivity index (χ1) is 8.29. The fourth-order valence-corrected chi connectivity index (χ4v) is 1.68. The fourth-order valence-electron chi connectivity index (χ4n) is 1.43. The number of nitrogens with zero attached hydrogens (tertiary/aromatic N) is 1. The maximum Gasteiger partial charge on any atom is 0.225 e. The van der Waals surface area contributed by atoms with E-state index in [0.717, 1.165) is 5.56 Å². The molecule has 2 N–H and O–H groups in total. The van der Waals surface area contributed by atoms with E-state index in [-0.39, 0.29) is 11.4 Å². The molecular weight excluding hydrogens is 250 g/mol. The Morgan fingerprint density at radius 1 is 1.44 bits per heavy atom. The lowest BCUT2D eigenvalue weighted by molar-refractivity contribution is -0.116. The molecular formula is C13H20ClN3O. The Bertz CT molecular complexity index is 406. The first-order valence-corrected chi connectivity index (χ1v) is 6.33. The summed E-state index contributed by atoms with van der Waals surface area (Å²) in [4.78, 5) is 15.7. The van der Waals surface area contributed by atoms with E-state index in [1.54, 1.807) is 6.20 Å². The lowest BCUT2D eigenvalue weighted by atomic mass is 10.1. The van der Waals surface area contributed by atoms with Crippen LogP contribution in [-0.4, -0.2) is 23.0 Å². The second kappa shape index (κ2) is 6.16. The van der Waals surface area contributed by atoms with Crippen LogP contribution in [0.25, 0.3) is 0 Å². The summed E-state index contributed by atoms with van der Waals surface area (Å²) in [6.45, 7) is 8.70. The maximum absolute atomic E-state index is 11.8. The maximum atomic E-state index is 11.8. The summed E-state index contributed by atoms with van der Waals surface area (Å²) in [6.07, 6.45) is 2.02. The first-order valence-electron chi connectivity index (χ1n) is 5.95. The molecule has 0 atom stereocenters. The zero-order valence-electron chi connectivity index (χ0n) is 11.3. The highest BCUT2D eigenvalue weighted by Gasteiger charge is 2.11. The van der Waals surface area contributed by atoms with Gasteiger partial charge in [0, 0.05) is 24.7 Å². The van der Waals surface area contributed by atoms with Crippen molar-refractivity contribution in [2.45, 2.75) is 39.7 Å². The largest absolute Gasteiger partial charge is 0.323 e. The van der Waals surface area contributed by atoms with Crippen LogP contribution in [0.3, 0.4) is 0 Å². The number of nitrogens with one attached hydrogen (secondary N) is 2. The van der Waals surface area contributed by atoms with Crippen molar-refractivity contribution >= 4 is 23.2 Å². The first kappa shape index (κ1) is 14.9. The van der Waals surface area contributed by atoms with Crippen molar-refractivity contribution in [3.63, 3.8) is 0 Å². The van der Waals surface area contributed by atoms with Crippen LogP contribution >= 0.6 is 11.6 Å². The molecule has 0 saturated heterocycles. The van der Waals surface area contributed by atoms with Gasteiger partial charge in [-0.2, -0.15) is 0 Å². The number of carbonyl (C=O) groups is 1. The Morgan fingerprint density at radius 3 is 2.67 bits per heavy atom. The summed E-state index contributed by atoms with van der Waals surface area (Å²) in [7, 11) is 0. The van der Waals surface area contributed by atoms with Gasteiger partial charge in [0.05, 0.1) is 5.69 Å². The molecule has 1 aromatic heterocycles. The lowest BCUT2D eigenvalue weighted by Crippen LogP contribution is -2.37. The molecule has 1 amide bonds. The van der Waals surface area contributed by atoms with Gasteiger partial charge in [-0.25, -0.2) is 4.98 Å². The molecule has 0 aromatic carbocycles. The van der Waals surface area contributed by atoms with Crippen LogP contribution in [0, 0.1) is 6.92 Å². The second-order valence-electron chi connectivity index (χ2n) is 5.27. The molecule has 0 aliphatic heterocycles. The van der Waals surface area contributed by atoms with E-state index in [1.165, 1.54) is 0 Å². The molecule has 0 fully saturated rings. The summed E-state index contributed by atoms with van der Waals surface area (Å²) < 4.78 is 0. The average Bonchev–Trinajstić information content (AvgIpc) is 2.22. The van der Waals surface area contributed by atoms with Gasteiger partial charge < -0.3 is 10.6 Å². The van der Waals surface area contributed by atoms with Gasteiger partial charge >= 0.3 is 0 Å². The Labute approximate surface area is 113 Å². The predicted molar refractivity (Wildman–Crippen MR) is 75.0 cm³/mol. The third-order valence-corrected chi connectivity index (χ3v) is 2.67. The van der Waals surface area contributed by atoms with Crippen LogP contribution in [-0.2, 0) is 4.79 Å². The summed E-state index contributed by atoms with van der Waals surface area (Å²) >= 11 is 5.94. The number of amides is 1. The van der Waals surface area contributed by atoms with E-state index in [1.807, 2.05) is 13.0 Å². The molecule has 0 unspecified atom stereocenters. The summed E-state index contributed by atoms with van der Waals surface area (Å²) in [6, 6.07) is 1.81. The highest BCUT2D eigenvalue weighted by molar-refractivity contribution is 6.32. The van der Waals surface area contributed by atoms with Crippen LogP contribution in [0.1, 0.15) is 32.8 Å². The monoisotopic (exact) mass is 269 g/mol. The van der Waals surface area contributed by atoms with Gasteiger partial charge in [-0.1, -0.05) is 11.6 Å². The van der Waals surface area contributed by atoms with Crippen LogP contribution in [0.5, 0.6) is 0 Å². The molecule has 0 radical (unpaired) electrons. The Hall–Kier alpha value is -1.13. The third-order valence-electron chi connectivity index (χ3n) is 2.38. The molecule has 0 aliphatic rings. The molecule has 1 rings (SSSR count). The molecule has 1 heterocycles. The van der Waals surface area contributed by atoms with Crippen LogP contribution < -0.4 is 10.6 Å². The standard InChI is InChI=1S/C13H20ClN3O/c1-9-5-7-15-12(14)11(9)17-10(18)6-8-16-13(2,3)4/h5,7,16H,6,8H2,1-4H3,(H,17,18). The van der Waals surface area contributed by atoms with E-state index in [0.29, 0.717) is 23.8 Å². The lowest BCUT2D eigenvalue weighted by Gasteiger charge is -2.20. The highest BCUT2D eigenvalue weighted by atomic mass is 35.5. The number of rotatable bonds is 4. The number of aromatic nitrogens is 1. The quantitative estimate of drug-likeness (QED) is 0.827. The van der Waals surface area contributed by atoms with Gasteiger partial charge in [-0.3, -0.25) is 4.79 Å². The normalized spacial score (nSPS) is 11.4. The highest BCUT2D eigenvalue weighted by Crippen LogP contribution is 2.22. The minimum absolute atomic E-state index is 0.0160. The van der Waals surface area contributed by atoms with Crippen molar-refractivity contribution < 1.29 is 4.79 Å². The predicted octanol–water partition coefficient (Wildman–Crippen LogP) is 2.76. The molecule has 100 valence electrons. The van der Waals surface area contributed by atoms with Gasteiger partial charge in [0.25, 0.3) is 0 Å². The van der Waals surface area contributed by atoms with Crippen LogP contribution in [0.15, 0.2) is 12.3 Å². The minimum Gasteiger partial charge on any atom is -0.323 e. The number of carbonyl (C=O) groups excluding carboxylic acids is 1. The Balaban J connectivity index is 2.50. The smallest absolute Gasteiger partial charge is 0.225 e. The van der Waals surface area contributed by atoms with Gasteiger partial charge in [0.2, 0.25) is 5.91 Å². The van der Waals surface area contributed by atoms with Gasteiger partial charge in [0.15, 0.2) is 5.15 Å². The number of hydrogen-bond donors (Lipinski definition) is 2. The van der Waals surface area contributed by atoms with Gasteiger partial charge in [-0.15, -0.1) is 0 Å². The number of hydrogen-bond acceptors (Lipinski definition) is 3. The van der Waals surface area contributed by atoms with Crippen LogP contribution in [0.2, 0.25) is 5.15 Å². The van der Waals surface area contributed by atoms with Crippen molar-refractivity contribution in [1.82, 2.24) is 10.3 Å². The average molecular weight is 270 g/mol. The van der Waals surface area contributed by atoms with Crippen molar-refractivity contribution in [2.24, 2.45) is 0 Å². The van der Waals surface area contributed by atoms with Crippen molar-refractivity contribution in [2.75, 3.05) is 11.9 Å².